The highest BCUT2D eigenvalue weighted by Crippen LogP contribution is 2.24. The number of ether oxygens (including phenoxy) is 1. The Labute approximate surface area is 178 Å². The zero-order valence-electron chi connectivity index (χ0n) is 15.9. The van der Waals surface area contributed by atoms with Crippen molar-refractivity contribution in [1.29, 1.82) is 0 Å². The SMILES string of the molecule is CCNC(=NCc1ccc(C)cc1OCC(F)(F)F)NCc1nncn1C.I. The molecule has 2 aromatic rings. The van der Waals surface area contributed by atoms with Gasteiger partial charge in [0, 0.05) is 19.2 Å². The molecule has 0 aliphatic carbocycles. The van der Waals surface area contributed by atoms with E-state index >= 15 is 0 Å². The summed E-state index contributed by atoms with van der Waals surface area (Å²) in [7, 11) is 1.83. The lowest BCUT2D eigenvalue weighted by atomic mass is 10.1. The number of halogens is 4. The minimum atomic E-state index is -4.39. The highest BCUT2D eigenvalue weighted by atomic mass is 127. The zero-order valence-corrected chi connectivity index (χ0v) is 18.2. The summed E-state index contributed by atoms with van der Waals surface area (Å²) < 4.78 is 44.1. The summed E-state index contributed by atoms with van der Waals surface area (Å²) in [6.45, 7) is 3.59. The van der Waals surface area contributed by atoms with Crippen molar-refractivity contribution in [2.75, 3.05) is 13.2 Å². The molecule has 1 aromatic carbocycles. The molecule has 0 atom stereocenters. The molecule has 0 amide bonds. The first-order valence-corrected chi connectivity index (χ1v) is 8.42. The summed E-state index contributed by atoms with van der Waals surface area (Å²) in [5, 5.41) is 14.0. The van der Waals surface area contributed by atoms with Crippen LogP contribution in [0, 0.1) is 6.92 Å². The molecular formula is C17H24F3IN6O. The van der Waals surface area contributed by atoms with E-state index in [1.165, 1.54) is 0 Å². The predicted octanol–water partition coefficient (Wildman–Crippen LogP) is 2.94. The summed E-state index contributed by atoms with van der Waals surface area (Å²) in [5.41, 5.74) is 1.38. The van der Waals surface area contributed by atoms with E-state index in [2.05, 4.69) is 25.8 Å². The number of guanidine groups is 1. The summed E-state index contributed by atoms with van der Waals surface area (Å²) in [5.74, 6) is 1.42. The van der Waals surface area contributed by atoms with Gasteiger partial charge in [0.1, 0.15) is 12.1 Å². The van der Waals surface area contributed by atoms with Crippen molar-refractivity contribution in [3.63, 3.8) is 0 Å². The van der Waals surface area contributed by atoms with E-state index in [-0.39, 0.29) is 36.3 Å². The van der Waals surface area contributed by atoms with E-state index in [0.717, 1.165) is 11.4 Å². The number of nitrogens with zero attached hydrogens (tertiary/aromatic N) is 4. The van der Waals surface area contributed by atoms with Gasteiger partial charge in [0.25, 0.3) is 0 Å². The maximum atomic E-state index is 12.5. The van der Waals surface area contributed by atoms with Gasteiger partial charge in [-0.25, -0.2) is 4.99 Å². The molecule has 0 bridgehead atoms. The number of alkyl halides is 3. The van der Waals surface area contributed by atoms with Crippen LogP contribution in [-0.2, 0) is 20.1 Å². The number of rotatable bonds is 7. The third-order valence-corrected chi connectivity index (χ3v) is 3.58. The Morgan fingerprint density at radius 1 is 1.29 bits per heavy atom. The van der Waals surface area contributed by atoms with Crippen molar-refractivity contribution in [3.05, 3.63) is 41.5 Å². The number of hydrogen-bond donors (Lipinski definition) is 2. The molecule has 0 saturated carbocycles. The van der Waals surface area contributed by atoms with Crippen LogP contribution in [0.25, 0.3) is 0 Å². The van der Waals surface area contributed by atoms with E-state index in [0.29, 0.717) is 24.6 Å². The Morgan fingerprint density at radius 2 is 2.04 bits per heavy atom. The van der Waals surface area contributed by atoms with E-state index in [9.17, 15) is 13.2 Å². The van der Waals surface area contributed by atoms with Crippen LogP contribution in [0.5, 0.6) is 5.75 Å². The van der Waals surface area contributed by atoms with Gasteiger partial charge < -0.3 is 19.9 Å². The van der Waals surface area contributed by atoms with Gasteiger partial charge in [-0.05, 0) is 25.5 Å². The van der Waals surface area contributed by atoms with Crippen LogP contribution in [0.3, 0.4) is 0 Å². The molecule has 0 radical (unpaired) electrons. The molecule has 1 aromatic heterocycles. The van der Waals surface area contributed by atoms with Crippen molar-refractivity contribution in [2.45, 2.75) is 33.1 Å². The van der Waals surface area contributed by atoms with Gasteiger partial charge in [0.15, 0.2) is 18.4 Å². The Kier molecular flexibility index (Phi) is 9.49. The smallest absolute Gasteiger partial charge is 0.422 e. The Hall–Kier alpha value is -2.05. The molecule has 1 heterocycles. The van der Waals surface area contributed by atoms with Crippen LogP contribution in [0.15, 0.2) is 29.5 Å². The van der Waals surface area contributed by atoms with Gasteiger partial charge in [0.2, 0.25) is 0 Å². The largest absolute Gasteiger partial charge is 0.484 e. The van der Waals surface area contributed by atoms with Crippen molar-refractivity contribution in [3.8, 4) is 5.75 Å². The lowest BCUT2D eigenvalue weighted by Crippen LogP contribution is -2.37. The van der Waals surface area contributed by atoms with E-state index < -0.39 is 12.8 Å². The van der Waals surface area contributed by atoms with Gasteiger partial charge in [0.05, 0.1) is 13.1 Å². The van der Waals surface area contributed by atoms with E-state index in [1.807, 2.05) is 20.0 Å². The number of aliphatic imine (C=N–C) groups is 1. The minimum absolute atomic E-state index is 0. The first-order valence-electron chi connectivity index (χ1n) is 8.42. The summed E-state index contributed by atoms with van der Waals surface area (Å²) in [6.07, 6.45) is -2.80. The maximum Gasteiger partial charge on any atom is 0.422 e. The molecule has 0 saturated heterocycles. The standard InChI is InChI=1S/C17H23F3N6O.HI/c1-4-21-16(23-9-15-25-24-11-26(15)3)22-8-13-6-5-12(2)7-14(13)27-10-17(18,19)20;/h5-7,11H,4,8-10H2,1-3H3,(H2,21,22,23);1H. The zero-order chi connectivity index (χ0) is 19.9. The fourth-order valence-electron chi connectivity index (χ4n) is 2.22. The Bertz CT molecular complexity index is 778. The predicted molar refractivity (Wildman–Crippen MR) is 111 cm³/mol. The van der Waals surface area contributed by atoms with Crippen LogP contribution < -0.4 is 15.4 Å². The first-order chi connectivity index (χ1) is 12.8. The molecule has 0 aliphatic heterocycles. The number of aromatic nitrogens is 3. The van der Waals surface area contributed by atoms with E-state index in [4.69, 9.17) is 4.74 Å². The van der Waals surface area contributed by atoms with Gasteiger partial charge in [-0.2, -0.15) is 13.2 Å². The van der Waals surface area contributed by atoms with Crippen LogP contribution in [-0.4, -0.2) is 40.1 Å². The third kappa shape index (κ3) is 7.90. The molecule has 0 spiro atoms. The van der Waals surface area contributed by atoms with Gasteiger partial charge >= 0.3 is 6.18 Å². The van der Waals surface area contributed by atoms with Crippen molar-refractivity contribution in [2.24, 2.45) is 12.0 Å². The van der Waals surface area contributed by atoms with Gasteiger partial charge in [-0.3, -0.25) is 0 Å². The highest BCUT2D eigenvalue weighted by molar-refractivity contribution is 14.0. The molecule has 0 aliphatic rings. The second-order valence-corrected chi connectivity index (χ2v) is 5.92. The van der Waals surface area contributed by atoms with Crippen molar-refractivity contribution >= 4 is 29.9 Å². The fraction of sp³-hybridized carbons (Fsp3) is 0.471. The average Bonchev–Trinajstić information content (AvgIpc) is 3.01. The lowest BCUT2D eigenvalue weighted by Gasteiger charge is -2.14. The summed E-state index contributed by atoms with van der Waals surface area (Å²) in [6, 6.07) is 5.11. The number of hydrogen-bond acceptors (Lipinski definition) is 4. The molecular weight excluding hydrogens is 488 g/mol. The summed E-state index contributed by atoms with van der Waals surface area (Å²) >= 11 is 0. The third-order valence-electron chi connectivity index (χ3n) is 3.58. The Balaban J connectivity index is 0.00000392. The molecule has 0 fully saturated rings. The van der Waals surface area contributed by atoms with Gasteiger partial charge in [-0.15, -0.1) is 34.2 Å². The van der Waals surface area contributed by atoms with Crippen molar-refractivity contribution in [1.82, 2.24) is 25.4 Å². The monoisotopic (exact) mass is 512 g/mol. The fourth-order valence-corrected chi connectivity index (χ4v) is 2.22. The lowest BCUT2D eigenvalue weighted by molar-refractivity contribution is -0.153. The maximum absolute atomic E-state index is 12.5. The molecule has 2 rings (SSSR count). The van der Waals surface area contributed by atoms with Gasteiger partial charge in [-0.1, -0.05) is 12.1 Å². The molecule has 28 heavy (non-hydrogen) atoms. The molecule has 7 nitrogen and oxygen atoms in total. The van der Waals surface area contributed by atoms with Crippen LogP contribution in [0.2, 0.25) is 0 Å². The molecule has 0 unspecified atom stereocenters. The number of aryl methyl sites for hydroxylation is 2. The first kappa shape index (κ1) is 24.0. The van der Waals surface area contributed by atoms with E-state index in [1.54, 1.807) is 30.0 Å². The van der Waals surface area contributed by atoms with Crippen LogP contribution >= 0.6 is 24.0 Å². The average molecular weight is 512 g/mol. The summed E-state index contributed by atoms with van der Waals surface area (Å²) in [4.78, 5) is 4.42. The van der Waals surface area contributed by atoms with Crippen LogP contribution in [0.1, 0.15) is 23.9 Å². The number of benzene rings is 1. The minimum Gasteiger partial charge on any atom is -0.484 e. The van der Waals surface area contributed by atoms with Crippen molar-refractivity contribution < 1.29 is 17.9 Å². The quantitative estimate of drug-likeness (QED) is 0.339. The second-order valence-electron chi connectivity index (χ2n) is 5.92. The normalized spacial score (nSPS) is 11.7. The second kappa shape index (κ2) is 11.1. The topological polar surface area (TPSA) is 76.4 Å². The highest BCUT2D eigenvalue weighted by Gasteiger charge is 2.28. The molecule has 2 N–H and O–H groups in total. The Morgan fingerprint density at radius 3 is 2.64 bits per heavy atom. The van der Waals surface area contributed by atoms with Crippen LogP contribution in [0.4, 0.5) is 13.2 Å². The number of nitrogens with one attached hydrogen (secondary N) is 2. The molecule has 156 valence electrons. The molecule has 11 heteroatoms.